The molecule has 2 aliphatic heterocycles. The Morgan fingerprint density at radius 2 is 2.08 bits per heavy atom. The monoisotopic (exact) mass is 346 g/mol. The van der Waals surface area contributed by atoms with Gasteiger partial charge in [-0.3, -0.25) is 9.69 Å². The van der Waals surface area contributed by atoms with Crippen LogP contribution in [0.3, 0.4) is 0 Å². The zero-order chi connectivity index (χ0) is 16.4. The summed E-state index contributed by atoms with van der Waals surface area (Å²) in [4.78, 5) is 15.2. The summed E-state index contributed by atoms with van der Waals surface area (Å²) < 4.78 is 5.51. The molecule has 1 aromatic rings. The van der Waals surface area contributed by atoms with Crippen LogP contribution in [-0.4, -0.2) is 60.7 Å². The highest BCUT2D eigenvalue weighted by molar-refractivity contribution is 7.99. The number of aryl methyl sites for hydroxylation is 2. The highest BCUT2D eigenvalue weighted by Gasteiger charge is 2.40. The van der Waals surface area contributed by atoms with Crippen molar-refractivity contribution in [2.24, 2.45) is 0 Å². The molecule has 1 N–H and O–H groups in total. The van der Waals surface area contributed by atoms with Crippen molar-refractivity contribution in [3.8, 4) is 0 Å². The summed E-state index contributed by atoms with van der Waals surface area (Å²) in [7, 11) is 0. The molecule has 2 saturated heterocycles. The molecule has 1 atom stereocenters. The van der Waals surface area contributed by atoms with E-state index in [0.29, 0.717) is 0 Å². The second kappa shape index (κ2) is 7.06. The van der Waals surface area contributed by atoms with Crippen molar-refractivity contribution >= 4 is 17.7 Å². The molecule has 0 bridgehead atoms. The van der Waals surface area contributed by atoms with Crippen LogP contribution in [0.15, 0.2) is 18.2 Å². The van der Waals surface area contributed by atoms with Gasteiger partial charge in [0, 0.05) is 36.5 Å². The van der Waals surface area contributed by atoms with E-state index in [4.69, 9.17) is 4.74 Å². The van der Waals surface area contributed by atoms with Crippen LogP contribution in [0.1, 0.15) is 34.3 Å². The van der Waals surface area contributed by atoms with E-state index in [0.717, 1.165) is 63.4 Å². The molecule has 1 aliphatic carbocycles. The largest absolute Gasteiger partial charge is 0.379 e. The summed E-state index contributed by atoms with van der Waals surface area (Å²) in [5.74, 6) is 2.37. The highest BCUT2D eigenvalue weighted by atomic mass is 32.2. The van der Waals surface area contributed by atoms with Crippen LogP contribution < -0.4 is 5.32 Å². The summed E-state index contributed by atoms with van der Waals surface area (Å²) in [6.45, 7) is 4.33. The van der Waals surface area contributed by atoms with E-state index in [1.54, 1.807) is 0 Å². The van der Waals surface area contributed by atoms with Crippen molar-refractivity contribution in [2.75, 3.05) is 44.4 Å². The molecule has 3 aliphatic rings. The lowest BCUT2D eigenvalue weighted by molar-refractivity contribution is -0.0129. The molecular weight excluding hydrogens is 320 g/mol. The maximum Gasteiger partial charge on any atom is 0.251 e. The van der Waals surface area contributed by atoms with Gasteiger partial charge < -0.3 is 10.1 Å². The normalized spacial score (nSPS) is 27.2. The summed E-state index contributed by atoms with van der Waals surface area (Å²) in [5, 5.41) is 3.24. The van der Waals surface area contributed by atoms with Gasteiger partial charge in [0.05, 0.1) is 13.2 Å². The lowest BCUT2D eigenvalue weighted by atomic mass is 9.95. The minimum absolute atomic E-state index is 0.0780. The Morgan fingerprint density at radius 1 is 1.25 bits per heavy atom. The molecule has 0 spiro atoms. The fourth-order valence-corrected chi connectivity index (χ4v) is 5.67. The minimum Gasteiger partial charge on any atom is -0.379 e. The molecule has 0 radical (unpaired) electrons. The van der Waals surface area contributed by atoms with Gasteiger partial charge in [0.15, 0.2) is 0 Å². The first kappa shape index (κ1) is 16.4. The number of carbonyl (C=O) groups excluding carboxylic acids is 1. The van der Waals surface area contributed by atoms with Crippen LogP contribution in [0.2, 0.25) is 0 Å². The number of thioether (sulfide) groups is 1. The van der Waals surface area contributed by atoms with Crippen molar-refractivity contribution in [2.45, 2.75) is 31.2 Å². The van der Waals surface area contributed by atoms with E-state index < -0.39 is 0 Å². The second-order valence-corrected chi connectivity index (χ2v) is 8.25. The summed E-state index contributed by atoms with van der Waals surface area (Å²) in [6.07, 6.45) is 4.65. The lowest BCUT2D eigenvalue weighted by Crippen LogP contribution is -2.59. The van der Waals surface area contributed by atoms with Crippen LogP contribution in [0.4, 0.5) is 0 Å². The molecule has 130 valence electrons. The van der Waals surface area contributed by atoms with E-state index in [2.05, 4.69) is 22.3 Å². The number of nitrogens with one attached hydrogen (secondary N) is 1. The van der Waals surface area contributed by atoms with Crippen molar-refractivity contribution in [3.63, 3.8) is 0 Å². The zero-order valence-electron chi connectivity index (χ0n) is 14.2. The Balaban J connectivity index is 1.43. The fourth-order valence-electron chi connectivity index (χ4n) is 4.19. The third-order valence-corrected chi connectivity index (χ3v) is 6.94. The molecule has 4 nitrogen and oxygen atoms in total. The number of nitrogens with zero attached hydrogens (tertiary/aromatic N) is 1. The molecule has 1 amide bonds. The number of fused-ring (bicyclic) bond motifs is 1. The third-order valence-electron chi connectivity index (χ3n) is 5.70. The molecule has 24 heavy (non-hydrogen) atoms. The maximum absolute atomic E-state index is 12.7. The van der Waals surface area contributed by atoms with Crippen LogP contribution in [0.5, 0.6) is 0 Å². The highest BCUT2D eigenvalue weighted by Crippen LogP contribution is 2.33. The average Bonchev–Trinajstić information content (AvgIpc) is 3.30. The number of hydrogen-bond acceptors (Lipinski definition) is 4. The van der Waals surface area contributed by atoms with Gasteiger partial charge in [-0.2, -0.15) is 11.8 Å². The number of benzene rings is 1. The molecule has 0 unspecified atom stereocenters. The molecule has 0 saturated carbocycles. The van der Waals surface area contributed by atoms with E-state index in [1.807, 2.05) is 17.8 Å². The minimum atomic E-state index is 0.0780. The van der Waals surface area contributed by atoms with Gasteiger partial charge in [-0.25, -0.2) is 0 Å². The van der Waals surface area contributed by atoms with E-state index in [1.165, 1.54) is 23.3 Å². The third kappa shape index (κ3) is 3.22. The molecule has 1 aromatic carbocycles. The lowest BCUT2D eigenvalue weighted by Gasteiger charge is -2.43. The quantitative estimate of drug-likeness (QED) is 0.907. The van der Waals surface area contributed by atoms with Gasteiger partial charge in [0.25, 0.3) is 5.91 Å². The number of rotatable bonds is 4. The molecule has 5 heteroatoms. The Labute approximate surface area is 148 Å². The van der Waals surface area contributed by atoms with Gasteiger partial charge in [0.2, 0.25) is 0 Å². The maximum atomic E-state index is 12.7. The first-order valence-corrected chi connectivity index (χ1v) is 10.2. The summed E-state index contributed by atoms with van der Waals surface area (Å²) >= 11 is 2.00. The number of hydrogen-bond donors (Lipinski definition) is 1. The molecule has 4 rings (SSSR count). The Bertz CT molecular complexity index is 607. The fraction of sp³-hybridized carbons (Fsp3) is 0.632. The number of ether oxygens (including phenoxy) is 1. The van der Waals surface area contributed by atoms with Gasteiger partial charge in [-0.1, -0.05) is 6.07 Å². The summed E-state index contributed by atoms with van der Waals surface area (Å²) in [6, 6.07) is 6.23. The van der Waals surface area contributed by atoms with E-state index in [9.17, 15) is 4.79 Å². The van der Waals surface area contributed by atoms with Crippen LogP contribution in [0.25, 0.3) is 0 Å². The first-order chi connectivity index (χ1) is 11.8. The zero-order valence-corrected chi connectivity index (χ0v) is 15.0. The predicted octanol–water partition coefficient (Wildman–Crippen LogP) is 2.11. The Hall–Kier alpha value is -1.04. The average molecular weight is 346 g/mol. The molecule has 2 fully saturated rings. The number of morpholine rings is 1. The van der Waals surface area contributed by atoms with Gasteiger partial charge in [-0.05, 0) is 54.7 Å². The van der Waals surface area contributed by atoms with E-state index >= 15 is 0 Å². The van der Waals surface area contributed by atoms with Crippen LogP contribution >= 0.6 is 11.8 Å². The van der Waals surface area contributed by atoms with Crippen molar-refractivity contribution in [1.29, 1.82) is 0 Å². The topological polar surface area (TPSA) is 41.6 Å². The summed E-state index contributed by atoms with van der Waals surface area (Å²) in [5.41, 5.74) is 3.71. The van der Waals surface area contributed by atoms with Crippen molar-refractivity contribution in [3.05, 3.63) is 34.9 Å². The standard InChI is InChI=1S/C19H26N2O2S/c22-18(17-5-4-15-2-1-3-16(15)12-17)20-13-19(6-11-24-14-19)21-7-9-23-10-8-21/h4-5,12H,1-3,6-11,13-14H2,(H,20,22)/t19-/m1/s1. The molecule has 2 heterocycles. The molecule has 0 aromatic heterocycles. The van der Waals surface area contributed by atoms with Crippen molar-refractivity contribution in [1.82, 2.24) is 10.2 Å². The number of carbonyl (C=O) groups is 1. The van der Waals surface area contributed by atoms with Crippen LogP contribution in [-0.2, 0) is 17.6 Å². The Morgan fingerprint density at radius 3 is 2.88 bits per heavy atom. The number of amides is 1. The van der Waals surface area contributed by atoms with Crippen molar-refractivity contribution < 1.29 is 9.53 Å². The van der Waals surface area contributed by atoms with Gasteiger partial charge >= 0.3 is 0 Å². The molecular formula is C19H26N2O2S. The Kier molecular flexibility index (Phi) is 4.83. The van der Waals surface area contributed by atoms with Gasteiger partial charge in [-0.15, -0.1) is 0 Å². The second-order valence-electron chi connectivity index (χ2n) is 7.15. The smallest absolute Gasteiger partial charge is 0.251 e. The SMILES string of the molecule is O=C(NC[C@]1(N2CCOCC2)CCSC1)c1ccc2c(c1)CCC2. The van der Waals surface area contributed by atoms with E-state index in [-0.39, 0.29) is 11.4 Å². The van der Waals surface area contributed by atoms with Gasteiger partial charge in [0.1, 0.15) is 0 Å². The first-order valence-electron chi connectivity index (χ1n) is 9.07. The predicted molar refractivity (Wildman–Crippen MR) is 97.9 cm³/mol. The van der Waals surface area contributed by atoms with Crippen LogP contribution in [0, 0.1) is 0 Å².